The number of thiazole rings is 1. The van der Waals surface area contributed by atoms with Crippen molar-refractivity contribution in [3.05, 3.63) is 71.1 Å². The van der Waals surface area contributed by atoms with Gasteiger partial charge in [0.2, 0.25) is 0 Å². The molecule has 2 aromatic heterocycles. The first kappa shape index (κ1) is 13.9. The van der Waals surface area contributed by atoms with E-state index in [0.717, 1.165) is 22.0 Å². The van der Waals surface area contributed by atoms with Crippen LogP contribution in [0, 0.1) is 5.82 Å². The summed E-state index contributed by atoms with van der Waals surface area (Å²) < 4.78 is 12.8. The van der Waals surface area contributed by atoms with Crippen molar-refractivity contribution in [3.63, 3.8) is 0 Å². The minimum Gasteiger partial charge on any atom is -0.307 e. The maximum Gasteiger partial charge on any atom is 0.142 e. The Morgan fingerprint density at radius 1 is 1.05 bits per heavy atom. The van der Waals surface area contributed by atoms with Crippen molar-refractivity contribution < 1.29 is 4.39 Å². The number of hydrogen-bond donors (Lipinski definition) is 1. The molecular formula is C16H14FN3S. The normalized spacial score (nSPS) is 10.7. The molecule has 0 amide bonds. The Morgan fingerprint density at radius 3 is 2.67 bits per heavy atom. The Morgan fingerprint density at radius 2 is 1.90 bits per heavy atom. The van der Waals surface area contributed by atoms with E-state index < -0.39 is 0 Å². The second kappa shape index (κ2) is 6.56. The highest BCUT2D eigenvalue weighted by Gasteiger charge is 2.05. The van der Waals surface area contributed by atoms with Crippen molar-refractivity contribution in [1.82, 2.24) is 15.3 Å². The molecule has 5 heteroatoms. The number of nitrogens with one attached hydrogen (secondary N) is 1. The maximum absolute atomic E-state index is 12.8. The molecule has 1 N–H and O–H groups in total. The highest BCUT2D eigenvalue weighted by Crippen LogP contribution is 2.21. The monoisotopic (exact) mass is 299 g/mol. The van der Waals surface area contributed by atoms with E-state index in [2.05, 4.69) is 15.3 Å². The number of benzene rings is 1. The Kier molecular flexibility index (Phi) is 4.33. The summed E-state index contributed by atoms with van der Waals surface area (Å²) in [7, 11) is 0. The maximum atomic E-state index is 12.8. The Hall–Kier alpha value is -2.11. The molecule has 0 atom stereocenters. The van der Waals surface area contributed by atoms with Crippen molar-refractivity contribution in [2.75, 3.05) is 0 Å². The minimum atomic E-state index is -0.210. The van der Waals surface area contributed by atoms with Crippen LogP contribution in [0.4, 0.5) is 4.39 Å². The number of aromatic nitrogens is 2. The zero-order valence-corrected chi connectivity index (χ0v) is 12.1. The standard InChI is InChI=1S/C16H14FN3S/c17-13-6-4-12(5-7-13)9-18-10-14-11-21-16(20-14)15-3-1-2-8-19-15/h1-8,11,18H,9-10H2. The first-order valence-electron chi connectivity index (χ1n) is 6.62. The van der Waals surface area contributed by atoms with Crippen LogP contribution in [0.15, 0.2) is 54.0 Å². The third-order valence-electron chi connectivity index (χ3n) is 2.98. The van der Waals surface area contributed by atoms with Gasteiger partial charge in [0.1, 0.15) is 10.8 Å². The summed E-state index contributed by atoms with van der Waals surface area (Å²) in [5, 5.41) is 6.26. The third-order valence-corrected chi connectivity index (χ3v) is 3.90. The number of pyridine rings is 1. The number of nitrogens with zero attached hydrogens (tertiary/aromatic N) is 2. The largest absolute Gasteiger partial charge is 0.307 e. The van der Waals surface area contributed by atoms with Crippen LogP contribution in [0.2, 0.25) is 0 Å². The highest BCUT2D eigenvalue weighted by molar-refractivity contribution is 7.13. The van der Waals surface area contributed by atoms with Gasteiger partial charge in [0.25, 0.3) is 0 Å². The van der Waals surface area contributed by atoms with Crippen molar-refractivity contribution in [2.24, 2.45) is 0 Å². The van der Waals surface area contributed by atoms with Gasteiger partial charge in [-0.3, -0.25) is 4.98 Å². The molecular weight excluding hydrogens is 285 g/mol. The summed E-state index contributed by atoms with van der Waals surface area (Å²) in [4.78, 5) is 8.85. The van der Waals surface area contributed by atoms with Gasteiger partial charge in [0.15, 0.2) is 0 Å². The SMILES string of the molecule is Fc1ccc(CNCc2csc(-c3ccccn3)n2)cc1. The number of hydrogen-bond acceptors (Lipinski definition) is 4. The highest BCUT2D eigenvalue weighted by atomic mass is 32.1. The van der Waals surface area contributed by atoms with Crippen molar-refractivity contribution in [2.45, 2.75) is 13.1 Å². The van der Waals surface area contributed by atoms with Gasteiger partial charge in [-0.2, -0.15) is 0 Å². The summed E-state index contributed by atoms with van der Waals surface area (Å²) in [6, 6.07) is 12.3. The van der Waals surface area contributed by atoms with E-state index in [4.69, 9.17) is 0 Å². The Bertz CT molecular complexity index is 695. The van der Waals surface area contributed by atoms with Gasteiger partial charge in [-0.15, -0.1) is 11.3 Å². The van der Waals surface area contributed by atoms with E-state index in [1.807, 2.05) is 23.6 Å². The predicted molar refractivity (Wildman–Crippen MR) is 82.3 cm³/mol. The van der Waals surface area contributed by atoms with Crippen LogP contribution in [0.5, 0.6) is 0 Å². The Labute approximate surface area is 126 Å². The molecule has 0 unspecified atom stereocenters. The summed E-state index contributed by atoms with van der Waals surface area (Å²) in [5.74, 6) is -0.210. The first-order valence-corrected chi connectivity index (χ1v) is 7.50. The van der Waals surface area contributed by atoms with E-state index in [1.54, 1.807) is 29.7 Å². The zero-order chi connectivity index (χ0) is 14.5. The molecule has 0 saturated heterocycles. The lowest BCUT2D eigenvalue weighted by Crippen LogP contribution is -2.12. The summed E-state index contributed by atoms with van der Waals surface area (Å²) in [6.07, 6.45) is 1.77. The average molecular weight is 299 g/mol. The molecule has 2 heterocycles. The molecule has 0 radical (unpaired) electrons. The van der Waals surface area contributed by atoms with E-state index >= 15 is 0 Å². The van der Waals surface area contributed by atoms with Crippen LogP contribution >= 0.6 is 11.3 Å². The second-order valence-corrected chi connectivity index (χ2v) is 5.45. The fourth-order valence-electron chi connectivity index (χ4n) is 1.93. The lowest BCUT2D eigenvalue weighted by molar-refractivity contribution is 0.624. The van der Waals surface area contributed by atoms with Crippen LogP contribution in [0.25, 0.3) is 10.7 Å². The molecule has 0 bridgehead atoms. The minimum absolute atomic E-state index is 0.210. The summed E-state index contributed by atoms with van der Waals surface area (Å²) in [5.41, 5.74) is 2.94. The van der Waals surface area contributed by atoms with Gasteiger partial charge in [-0.05, 0) is 29.8 Å². The first-order chi connectivity index (χ1) is 10.3. The topological polar surface area (TPSA) is 37.8 Å². The van der Waals surface area contributed by atoms with Gasteiger partial charge in [-0.1, -0.05) is 18.2 Å². The molecule has 0 fully saturated rings. The van der Waals surface area contributed by atoms with Crippen molar-refractivity contribution in [3.8, 4) is 10.7 Å². The molecule has 3 aromatic rings. The molecule has 3 nitrogen and oxygen atoms in total. The number of halogens is 1. The molecule has 0 aliphatic rings. The summed E-state index contributed by atoms with van der Waals surface area (Å²) in [6.45, 7) is 1.37. The Balaban J connectivity index is 1.57. The third kappa shape index (κ3) is 3.71. The molecule has 0 aliphatic heterocycles. The second-order valence-electron chi connectivity index (χ2n) is 4.59. The zero-order valence-electron chi connectivity index (χ0n) is 11.3. The van der Waals surface area contributed by atoms with Crippen LogP contribution in [0.1, 0.15) is 11.3 Å². The quantitative estimate of drug-likeness (QED) is 0.781. The molecule has 21 heavy (non-hydrogen) atoms. The van der Waals surface area contributed by atoms with Gasteiger partial charge in [0, 0.05) is 24.7 Å². The van der Waals surface area contributed by atoms with Crippen LogP contribution in [-0.2, 0) is 13.1 Å². The van der Waals surface area contributed by atoms with Gasteiger partial charge in [-0.25, -0.2) is 9.37 Å². The average Bonchev–Trinajstić information content (AvgIpc) is 2.99. The van der Waals surface area contributed by atoms with E-state index in [-0.39, 0.29) is 5.82 Å². The van der Waals surface area contributed by atoms with Gasteiger partial charge in [0.05, 0.1) is 11.4 Å². The molecule has 1 aromatic carbocycles. The van der Waals surface area contributed by atoms with Crippen LogP contribution in [0.3, 0.4) is 0 Å². The lowest BCUT2D eigenvalue weighted by Gasteiger charge is -2.02. The van der Waals surface area contributed by atoms with Gasteiger partial charge < -0.3 is 5.32 Å². The van der Waals surface area contributed by atoms with Crippen LogP contribution < -0.4 is 5.32 Å². The van der Waals surface area contributed by atoms with E-state index in [1.165, 1.54) is 12.1 Å². The van der Waals surface area contributed by atoms with Crippen LogP contribution in [-0.4, -0.2) is 9.97 Å². The molecule has 0 saturated carbocycles. The molecule has 106 valence electrons. The fraction of sp³-hybridized carbons (Fsp3) is 0.125. The van der Waals surface area contributed by atoms with Crippen molar-refractivity contribution >= 4 is 11.3 Å². The molecule has 3 rings (SSSR count). The smallest absolute Gasteiger partial charge is 0.142 e. The van der Waals surface area contributed by atoms with Gasteiger partial charge >= 0.3 is 0 Å². The molecule has 0 spiro atoms. The van der Waals surface area contributed by atoms with E-state index in [0.29, 0.717) is 13.1 Å². The predicted octanol–water partition coefficient (Wildman–Crippen LogP) is 3.63. The van der Waals surface area contributed by atoms with Crippen molar-refractivity contribution in [1.29, 1.82) is 0 Å². The fourth-order valence-corrected chi connectivity index (χ4v) is 2.73. The summed E-state index contributed by atoms with van der Waals surface area (Å²) >= 11 is 1.59. The van der Waals surface area contributed by atoms with E-state index in [9.17, 15) is 4.39 Å². The number of rotatable bonds is 5. The lowest BCUT2D eigenvalue weighted by atomic mass is 10.2. The molecule has 0 aliphatic carbocycles.